The fourth-order valence-electron chi connectivity index (χ4n) is 0.701. The van der Waals surface area contributed by atoms with E-state index in [0.717, 1.165) is 11.3 Å². The zero-order chi connectivity index (χ0) is 8.97. The number of amides is 1. The van der Waals surface area contributed by atoms with Crippen molar-refractivity contribution in [3.05, 3.63) is 34.8 Å². The summed E-state index contributed by atoms with van der Waals surface area (Å²) in [7, 11) is 0. The molecular formula is C8H8FNOS. The molecule has 0 aliphatic carbocycles. The summed E-state index contributed by atoms with van der Waals surface area (Å²) in [4.78, 5) is 11.2. The van der Waals surface area contributed by atoms with Gasteiger partial charge in [-0.2, -0.15) is 0 Å². The van der Waals surface area contributed by atoms with E-state index in [1.165, 1.54) is 11.4 Å². The molecule has 0 saturated heterocycles. The number of rotatable bonds is 3. The molecule has 0 spiro atoms. The first kappa shape index (κ1) is 8.93. The molecule has 1 aromatic heterocycles. The molecule has 12 heavy (non-hydrogen) atoms. The molecule has 0 aliphatic rings. The van der Waals surface area contributed by atoms with E-state index in [4.69, 9.17) is 0 Å². The molecule has 1 heterocycles. The number of halogens is 1. The minimum absolute atomic E-state index is 0.122. The lowest BCUT2D eigenvalue weighted by Crippen LogP contribution is -2.22. The molecule has 0 aliphatic heterocycles. The van der Waals surface area contributed by atoms with Crippen molar-refractivity contribution in [3.8, 4) is 0 Å². The van der Waals surface area contributed by atoms with Gasteiger partial charge in [-0.1, -0.05) is 6.08 Å². The van der Waals surface area contributed by atoms with Gasteiger partial charge in [0.15, 0.2) is 0 Å². The van der Waals surface area contributed by atoms with E-state index < -0.39 is 5.82 Å². The Kier molecular flexibility index (Phi) is 2.99. The topological polar surface area (TPSA) is 29.1 Å². The van der Waals surface area contributed by atoms with Crippen LogP contribution in [-0.2, 0) is 0 Å². The van der Waals surface area contributed by atoms with E-state index in [-0.39, 0.29) is 10.8 Å². The Morgan fingerprint density at radius 2 is 2.58 bits per heavy atom. The van der Waals surface area contributed by atoms with Crippen molar-refractivity contribution < 1.29 is 9.18 Å². The zero-order valence-electron chi connectivity index (χ0n) is 6.34. The van der Waals surface area contributed by atoms with Gasteiger partial charge in [-0.25, -0.2) is 4.39 Å². The van der Waals surface area contributed by atoms with E-state index in [9.17, 15) is 9.18 Å². The number of carbonyl (C=O) groups excluding carboxylic acids is 1. The molecule has 0 radical (unpaired) electrons. The second kappa shape index (κ2) is 4.01. The summed E-state index contributed by atoms with van der Waals surface area (Å²) < 4.78 is 12.8. The van der Waals surface area contributed by atoms with Crippen molar-refractivity contribution in [2.45, 2.75) is 0 Å². The third kappa shape index (κ3) is 1.92. The van der Waals surface area contributed by atoms with Crippen molar-refractivity contribution in [2.75, 3.05) is 6.54 Å². The van der Waals surface area contributed by atoms with Gasteiger partial charge >= 0.3 is 0 Å². The summed E-state index contributed by atoms with van der Waals surface area (Å²) in [6, 6.07) is 1.27. The van der Waals surface area contributed by atoms with E-state index in [1.54, 1.807) is 6.08 Å². The first-order valence-corrected chi connectivity index (χ1v) is 4.25. The normalized spacial score (nSPS) is 9.42. The Morgan fingerprint density at radius 1 is 1.83 bits per heavy atom. The highest BCUT2D eigenvalue weighted by Gasteiger charge is 2.11. The monoisotopic (exact) mass is 185 g/mol. The quantitative estimate of drug-likeness (QED) is 0.715. The van der Waals surface area contributed by atoms with Crippen molar-refractivity contribution in [1.82, 2.24) is 5.32 Å². The van der Waals surface area contributed by atoms with E-state index >= 15 is 0 Å². The maximum absolute atomic E-state index is 12.8. The van der Waals surface area contributed by atoms with Crippen LogP contribution in [0, 0.1) is 5.82 Å². The van der Waals surface area contributed by atoms with Gasteiger partial charge < -0.3 is 5.32 Å². The van der Waals surface area contributed by atoms with Crippen molar-refractivity contribution in [3.63, 3.8) is 0 Å². The van der Waals surface area contributed by atoms with Crippen LogP contribution in [0.1, 0.15) is 9.67 Å². The first-order chi connectivity index (χ1) is 5.75. The highest BCUT2D eigenvalue weighted by atomic mass is 32.1. The molecule has 1 rings (SSSR count). The predicted molar refractivity (Wildman–Crippen MR) is 46.8 cm³/mol. The molecule has 0 unspecified atom stereocenters. The van der Waals surface area contributed by atoms with Gasteiger partial charge in [-0.05, 0) is 11.4 Å². The number of nitrogens with one attached hydrogen (secondary N) is 1. The smallest absolute Gasteiger partial charge is 0.264 e. The minimum atomic E-state index is -0.471. The fraction of sp³-hybridized carbons (Fsp3) is 0.125. The van der Waals surface area contributed by atoms with E-state index in [0.29, 0.717) is 6.54 Å². The van der Waals surface area contributed by atoms with Crippen LogP contribution in [0.5, 0.6) is 0 Å². The lowest BCUT2D eigenvalue weighted by atomic mass is 10.4. The van der Waals surface area contributed by atoms with Gasteiger partial charge in [-0.3, -0.25) is 4.79 Å². The molecule has 1 amide bonds. The van der Waals surface area contributed by atoms with E-state index in [1.807, 2.05) is 0 Å². The van der Waals surface area contributed by atoms with E-state index in [2.05, 4.69) is 11.9 Å². The predicted octanol–water partition coefficient (Wildman–Crippen LogP) is 1.80. The average molecular weight is 185 g/mol. The average Bonchev–Trinajstić information content (AvgIpc) is 2.47. The van der Waals surface area contributed by atoms with Gasteiger partial charge in [0.25, 0.3) is 5.91 Å². The van der Waals surface area contributed by atoms with Crippen molar-refractivity contribution in [2.24, 2.45) is 0 Å². The SMILES string of the molecule is C=CCNC(=O)c1sccc1F. The van der Waals surface area contributed by atoms with Crippen LogP contribution in [0.25, 0.3) is 0 Å². The summed E-state index contributed by atoms with van der Waals surface area (Å²) >= 11 is 1.09. The van der Waals surface area contributed by atoms with Crippen LogP contribution in [0.2, 0.25) is 0 Å². The van der Waals surface area contributed by atoms with Crippen LogP contribution in [0.15, 0.2) is 24.1 Å². The van der Waals surface area contributed by atoms with Crippen LogP contribution in [0.3, 0.4) is 0 Å². The molecule has 0 bridgehead atoms. The Bertz CT molecular complexity index is 295. The third-order valence-corrected chi connectivity index (χ3v) is 2.12. The molecule has 2 nitrogen and oxygen atoms in total. The molecule has 0 atom stereocenters. The minimum Gasteiger partial charge on any atom is -0.348 e. The summed E-state index contributed by atoms with van der Waals surface area (Å²) in [6.45, 7) is 3.79. The number of carbonyl (C=O) groups is 1. The molecule has 0 aromatic carbocycles. The van der Waals surface area contributed by atoms with Crippen LogP contribution in [0.4, 0.5) is 4.39 Å². The maximum atomic E-state index is 12.8. The van der Waals surface area contributed by atoms with Gasteiger partial charge in [0, 0.05) is 6.54 Å². The van der Waals surface area contributed by atoms with Gasteiger partial charge in [0.1, 0.15) is 10.7 Å². The second-order valence-corrected chi connectivity index (χ2v) is 3.01. The Balaban J connectivity index is 2.65. The fourth-order valence-corrected chi connectivity index (χ4v) is 1.38. The summed E-state index contributed by atoms with van der Waals surface area (Å²) in [5, 5.41) is 4.03. The molecule has 0 fully saturated rings. The summed E-state index contributed by atoms with van der Waals surface area (Å²) in [5.74, 6) is -0.857. The molecule has 1 aromatic rings. The van der Waals surface area contributed by atoms with Gasteiger partial charge in [0.05, 0.1) is 0 Å². The largest absolute Gasteiger partial charge is 0.348 e. The summed E-state index contributed by atoms with van der Waals surface area (Å²) in [6.07, 6.45) is 1.55. The zero-order valence-corrected chi connectivity index (χ0v) is 7.16. The highest BCUT2D eigenvalue weighted by Crippen LogP contribution is 2.13. The van der Waals surface area contributed by atoms with Crippen molar-refractivity contribution in [1.29, 1.82) is 0 Å². The van der Waals surface area contributed by atoms with Gasteiger partial charge in [-0.15, -0.1) is 17.9 Å². The van der Waals surface area contributed by atoms with Crippen LogP contribution in [-0.4, -0.2) is 12.5 Å². The van der Waals surface area contributed by atoms with Crippen LogP contribution < -0.4 is 5.32 Å². The number of hydrogen-bond donors (Lipinski definition) is 1. The third-order valence-electron chi connectivity index (χ3n) is 1.23. The highest BCUT2D eigenvalue weighted by molar-refractivity contribution is 7.12. The Hall–Kier alpha value is -1.16. The summed E-state index contributed by atoms with van der Waals surface area (Å²) in [5.41, 5.74) is 0. The Labute approximate surface area is 73.7 Å². The second-order valence-electron chi connectivity index (χ2n) is 2.10. The lowest BCUT2D eigenvalue weighted by molar-refractivity contribution is 0.0958. The first-order valence-electron chi connectivity index (χ1n) is 3.37. The lowest BCUT2D eigenvalue weighted by Gasteiger charge is -1.97. The van der Waals surface area contributed by atoms with Crippen molar-refractivity contribution >= 4 is 17.2 Å². The molecule has 1 N–H and O–H groups in total. The molecule has 4 heteroatoms. The van der Waals surface area contributed by atoms with Crippen LogP contribution >= 0.6 is 11.3 Å². The molecule has 64 valence electrons. The number of hydrogen-bond acceptors (Lipinski definition) is 2. The molecule has 0 saturated carbocycles. The Morgan fingerprint density at radius 3 is 3.08 bits per heavy atom. The maximum Gasteiger partial charge on any atom is 0.264 e. The standard InChI is InChI=1S/C8H8FNOS/c1-2-4-10-8(11)7-6(9)3-5-12-7/h2-3,5H,1,4H2,(H,10,11). The molecular weight excluding hydrogens is 177 g/mol. The van der Waals surface area contributed by atoms with Gasteiger partial charge in [0.2, 0.25) is 0 Å². The number of thiophene rings is 1.